The van der Waals surface area contributed by atoms with Crippen molar-refractivity contribution in [2.24, 2.45) is 0 Å². The van der Waals surface area contributed by atoms with Crippen LogP contribution in [0.1, 0.15) is 39.0 Å². The molecule has 0 atom stereocenters. The molecule has 0 saturated carbocycles. The molecule has 3 heterocycles. The van der Waals surface area contributed by atoms with Crippen LogP contribution in [0.5, 0.6) is 0 Å². The molecule has 1 saturated heterocycles. The zero-order valence-electron chi connectivity index (χ0n) is 15.3. The number of aromatic nitrogens is 2. The molecule has 1 aliphatic heterocycles. The maximum absolute atomic E-state index is 12.5. The zero-order chi connectivity index (χ0) is 19.4. The van der Waals surface area contributed by atoms with Crippen molar-refractivity contribution in [3.63, 3.8) is 0 Å². The highest BCUT2D eigenvalue weighted by Gasteiger charge is 2.16. The molecule has 0 spiro atoms. The minimum absolute atomic E-state index is 0.0299. The number of halogens is 1. The van der Waals surface area contributed by atoms with Crippen molar-refractivity contribution in [3.8, 4) is 0 Å². The minimum atomic E-state index is -0.260. The molecule has 0 aliphatic carbocycles. The van der Waals surface area contributed by atoms with Crippen LogP contribution in [-0.4, -0.2) is 48.0 Å². The molecule has 1 N–H and O–H groups in total. The Kier molecular flexibility index (Phi) is 6.03. The Bertz CT molecular complexity index is 866. The SMILES string of the molecule is CC(=O)c1ccc(CNC(=O)c2cc(Cl)nc(N3CCOCC3)c2)nc1C. The number of rotatable bonds is 5. The van der Waals surface area contributed by atoms with E-state index in [0.717, 1.165) is 0 Å². The van der Waals surface area contributed by atoms with Crippen LogP contribution in [0.4, 0.5) is 5.82 Å². The number of nitrogens with one attached hydrogen (secondary N) is 1. The van der Waals surface area contributed by atoms with Crippen molar-refractivity contribution >= 4 is 29.1 Å². The largest absolute Gasteiger partial charge is 0.378 e. The number of carbonyl (C=O) groups excluding carboxylic acids is 2. The average Bonchev–Trinajstić information content (AvgIpc) is 2.66. The van der Waals surface area contributed by atoms with Crippen LogP contribution in [0.3, 0.4) is 0 Å². The summed E-state index contributed by atoms with van der Waals surface area (Å²) in [7, 11) is 0. The molecule has 1 aliphatic rings. The van der Waals surface area contributed by atoms with Crippen molar-refractivity contribution in [2.45, 2.75) is 20.4 Å². The molecular weight excluding hydrogens is 368 g/mol. The number of carbonyl (C=O) groups is 2. The second kappa shape index (κ2) is 8.45. The van der Waals surface area contributed by atoms with Crippen molar-refractivity contribution < 1.29 is 14.3 Å². The van der Waals surface area contributed by atoms with Crippen LogP contribution >= 0.6 is 11.6 Å². The van der Waals surface area contributed by atoms with E-state index < -0.39 is 0 Å². The number of ether oxygens (including phenoxy) is 1. The number of pyridine rings is 2. The molecule has 0 aromatic carbocycles. The quantitative estimate of drug-likeness (QED) is 0.625. The van der Waals surface area contributed by atoms with Gasteiger partial charge in [0.1, 0.15) is 11.0 Å². The highest BCUT2D eigenvalue weighted by Crippen LogP contribution is 2.19. The van der Waals surface area contributed by atoms with Crippen LogP contribution in [-0.2, 0) is 11.3 Å². The van der Waals surface area contributed by atoms with Gasteiger partial charge in [0.25, 0.3) is 5.91 Å². The van der Waals surface area contributed by atoms with Gasteiger partial charge in [0, 0.05) is 29.9 Å². The summed E-state index contributed by atoms with van der Waals surface area (Å²) in [5.74, 6) is 0.372. The third-order valence-corrected chi connectivity index (χ3v) is 4.52. The Labute approximate surface area is 162 Å². The fourth-order valence-corrected chi connectivity index (χ4v) is 3.13. The summed E-state index contributed by atoms with van der Waals surface area (Å²) in [4.78, 5) is 34.7. The highest BCUT2D eigenvalue weighted by atomic mass is 35.5. The standard InChI is InChI=1S/C19H21ClN4O3/c1-12-16(13(2)25)4-3-15(22-12)11-21-19(26)14-9-17(20)23-18(10-14)24-5-7-27-8-6-24/h3-4,9-10H,5-8,11H2,1-2H3,(H,21,26). The molecule has 0 radical (unpaired) electrons. The van der Waals surface area contributed by atoms with E-state index in [0.29, 0.717) is 54.6 Å². The summed E-state index contributed by atoms with van der Waals surface area (Å²) in [5, 5.41) is 3.10. The van der Waals surface area contributed by atoms with E-state index in [1.165, 1.54) is 6.92 Å². The van der Waals surface area contributed by atoms with Crippen LogP contribution < -0.4 is 10.2 Å². The summed E-state index contributed by atoms with van der Waals surface area (Å²) in [6.45, 7) is 6.20. The number of hydrogen-bond donors (Lipinski definition) is 1. The van der Waals surface area contributed by atoms with Gasteiger partial charge in [-0.25, -0.2) is 4.98 Å². The molecule has 27 heavy (non-hydrogen) atoms. The molecule has 0 unspecified atom stereocenters. The minimum Gasteiger partial charge on any atom is -0.378 e. The van der Waals surface area contributed by atoms with E-state index in [9.17, 15) is 9.59 Å². The van der Waals surface area contributed by atoms with E-state index in [4.69, 9.17) is 16.3 Å². The maximum Gasteiger partial charge on any atom is 0.251 e. The summed E-state index contributed by atoms with van der Waals surface area (Å²) in [6, 6.07) is 6.73. The molecule has 3 rings (SSSR count). The average molecular weight is 389 g/mol. The van der Waals surface area contributed by atoms with Gasteiger partial charge in [-0.05, 0) is 38.1 Å². The van der Waals surface area contributed by atoms with E-state index in [-0.39, 0.29) is 23.4 Å². The highest BCUT2D eigenvalue weighted by molar-refractivity contribution is 6.29. The molecule has 142 valence electrons. The van der Waals surface area contributed by atoms with Crippen molar-refractivity contribution in [2.75, 3.05) is 31.2 Å². The van der Waals surface area contributed by atoms with Crippen molar-refractivity contribution in [3.05, 3.63) is 51.9 Å². The molecule has 7 nitrogen and oxygen atoms in total. The third kappa shape index (κ3) is 4.81. The summed E-state index contributed by atoms with van der Waals surface area (Å²) >= 11 is 6.11. The molecule has 0 bridgehead atoms. The van der Waals surface area contributed by atoms with Crippen LogP contribution in [0.15, 0.2) is 24.3 Å². The number of ketones is 1. The zero-order valence-corrected chi connectivity index (χ0v) is 16.0. The van der Waals surface area contributed by atoms with Gasteiger partial charge in [-0.3, -0.25) is 14.6 Å². The summed E-state index contributed by atoms with van der Waals surface area (Å²) in [6.07, 6.45) is 0. The van der Waals surface area contributed by atoms with Gasteiger partial charge in [-0.2, -0.15) is 0 Å². The monoisotopic (exact) mass is 388 g/mol. The Balaban J connectivity index is 1.70. The lowest BCUT2D eigenvalue weighted by atomic mass is 10.1. The fraction of sp³-hybridized carbons (Fsp3) is 0.368. The van der Waals surface area contributed by atoms with E-state index in [1.54, 1.807) is 31.2 Å². The van der Waals surface area contributed by atoms with Gasteiger partial charge in [0.05, 0.1) is 25.5 Å². The Morgan fingerprint density at radius 2 is 1.96 bits per heavy atom. The first-order valence-corrected chi connectivity index (χ1v) is 9.08. The topological polar surface area (TPSA) is 84.4 Å². The number of nitrogens with zero attached hydrogens (tertiary/aromatic N) is 3. The van der Waals surface area contributed by atoms with Gasteiger partial charge in [-0.1, -0.05) is 11.6 Å². The number of hydrogen-bond acceptors (Lipinski definition) is 6. The number of aryl methyl sites for hydroxylation is 1. The van der Waals surface area contributed by atoms with E-state index in [1.807, 2.05) is 4.90 Å². The molecular formula is C19H21ClN4O3. The molecule has 2 aromatic rings. The number of anilines is 1. The first kappa shape index (κ1) is 19.3. The smallest absolute Gasteiger partial charge is 0.251 e. The normalized spacial score (nSPS) is 14.1. The van der Waals surface area contributed by atoms with Gasteiger partial charge in [0.2, 0.25) is 0 Å². The Morgan fingerprint density at radius 3 is 2.63 bits per heavy atom. The number of Topliss-reactive ketones (excluding diaryl/α,β-unsaturated/α-hetero) is 1. The van der Waals surface area contributed by atoms with Crippen LogP contribution in [0.25, 0.3) is 0 Å². The summed E-state index contributed by atoms with van der Waals surface area (Å²) in [5.41, 5.74) is 2.35. The van der Waals surface area contributed by atoms with Gasteiger partial charge in [-0.15, -0.1) is 0 Å². The lowest BCUT2D eigenvalue weighted by Gasteiger charge is -2.28. The predicted molar refractivity (Wildman–Crippen MR) is 102 cm³/mol. The molecule has 1 fully saturated rings. The molecule has 2 aromatic heterocycles. The van der Waals surface area contributed by atoms with E-state index >= 15 is 0 Å². The fourth-order valence-electron chi connectivity index (χ4n) is 2.93. The molecule has 8 heteroatoms. The first-order valence-electron chi connectivity index (χ1n) is 8.70. The Hall–Kier alpha value is -2.51. The lowest BCUT2D eigenvalue weighted by molar-refractivity contribution is 0.0948. The van der Waals surface area contributed by atoms with Crippen molar-refractivity contribution in [1.29, 1.82) is 0 Å². The van der Waals surface area contributed by atoms with Gasteiger partial charge >= 0.3 is 0 Å². The lowest BCUT2D eigenvalue weighted by Crippen LogP contribution is -2.37. The second-order valence-corrected chi connectivity index (χ2v) is 6.70. The Morgan fingerprint density at radius 1 is 1.22 bits per heavy atom. The predicted octanol–water partition coefficient (Wildman–Crippen LogP) is 2.41. The van der Waals surface area contributed by atoms with Crippen LogP contribution in [0.2, 0.25) is 5.15 Å². The van der Waals surface area contributed by atoms with Crippen LogP contribution in [0, 0.1) is 6.92 Å². The van der Waals surface area contributed by atoms with E-state index in [2.05, 4.69) is 15.3 Å². The molecule has 1 amide bonds. The maximum atomic E-state index is 12.5. The summed E-state index contributed by atoms with van der Waals surface area (Å²) < 4.78 is 5.34. The second-order valence-electron chi connectivity index (χ2n) is 6.31. The number of morpholine rings is 1. The first-order chi connectivity index (χ1) is 12.9. The van der Waals surface area contributed by atoms with Gasteiger partial charge < -0.3 is 15.0 Å². The number of amides is 1. The third-order valence-electron chi connectivity index (χ3n) is 4.33. The van der Waals surface area contributed by atoms with Gasteiger partial charge in [0.15, 0.2) is 5.78 Å². The van der Waals surface area contributed by atoms with Crippen molar-refractivity contribution in [1.82, 2.24) is 15.3 Å².